The summed E-state index contributed by atoms with van der Waals surface area (Å²) in [5.41, 5.74) is 0.517. The van der Waals surface area contributed by atoms with Gasteiger partial charge in [0.2, 0.25) is 0 Å². The van der Waals surface area contributed by atoms with Crippen molar-refractivity contribution in [2.75, 3.05) is 7.11 Å². The summed E-state index contributed by atoms with van der Waals surface area (Å²) in [5, 5.41) is 11.9. The van der Waals surface area contributed by atoms with Crippen molar-refractivity contribution in [2.24, 2.45) is 5.92 Å². The van der Waals surface area contributed by atoms with Crippen LogP contribution in [0.3, 0.4) is 0 Å². The van der Waals surface area contributed by atoms with Crippen molar-refractivity contribution in [3.8, 4) is 11.8 Å². The minimum Gasteiger partial charge on any atom is -0.496 e. The van der Waals surface area contributed by atoms with E-state index in [9.17, 15) is 4.79 Å². The molecular weight excluding hydrogens is 228 g/mol. The molecular formula is C14H16N2O2. The van der Waals surface area contributed by atoms with Crippen LogP contribution in [0.2, 0.25) is 0 Å². The van der Waals surface area contributed by atoms with Gasteiger partial charge in [-0.2, -0.15) is 5.26 Å². The Morgan fingerprint density at radius 3 is 2.94 bits per heavy atom. The van der Waals surface area contributed by atoms with Crippen LogP contribution in [-0.2, 0) is 0 Å². The number of ether oxygens (including phenoxy) is 1. The summed E-state index contributed by atoms with van der Waals surface area (Å²) in [6.07, 6.45) is 2.74. The van der Waals surface area contributed by atoms with Crippen LogP contribution in [0.1, 0.15) is 29.6 Å². The average molecular weight is 244 g/mol. The van der Waals surface area contributed by atoms with E-state index in [-0.39, 0.29) is 17.9 Å². The zero-order chi connectivity index (χ0) is 13.0. The number of para-hydroxylation sites is 1. The molecule has 1 saturated carbocycles. The Morgan fingerprint density at radius 1 is 1.44 bits per heavy atom. The Morgan fingerprint density at radius 2 is 2.22 bits per heavy atom. The van der Waals surface area contributed by atoms with Crippen molar-refractivity contribution < 1.29 is 9.53 Å². The first-order valence-electron chi connectivity index (χ1n) is 6.09. The monoisotopic (exact) mass is 244 g/mol. The first kappa shape index (κ1) is 12.4. The number of carbonyl (C=O) groups excluding carboxylic acids is 1. The lowest BCUT2D eigenvalue weighted by molar-refractivity contribution is 0.0930. The van der Waals surface area contributed by atoms with Gasteiger partial charge in [0.25, 0.3) is 5.91 Å². The highest BCUT2D eigenvalue weighted by molar-refractivity contribution is 5.97. The van der Waals surface area contributed by atoms with E-state index in [0.29, 0.717) is 11.3 Å². The molecule has 0 aromatic heterocycles. The van der Waals surface area contributed by atoms with Gasteiger partial charge in [0.15, 0.2) is 0 Å². The van der Waals surface area contributed by atoms with Crippen LogP contribution < -0.4 is 10.1 Å². The van der Waals surface area contributed by atoms with Crippen molar-refractivity contribution in [1.29, 1.82) is 5.26 Å². The third-order valence-corrected chi connectivity index (χ3v) is 3.35. The maximum Gasteiger partial charge on any atom is 0.255 e. The number of amides is 1. The molecule has 2 atom stereocenters. The molecule has 1 aliphatic rings. The van der Waals surface area contributed by atoms with E-state index in [0.717, 1.165) is 19.3 Å². The minimum atomic E-state index is -0.167. The van der Waals surface area contributed by atoms with Gasteiger partial charge in [0.1, 0.15) is 5.75 Å². The number of carbonyl (C=O) groups is 1. The molecule has 2 unspecified atom stereocenters. The van der Waals surface area contributed by atoms with Gasteiger partial charge in [0.05, 0.1) is 24.7 Å². The lowest BCUT2D eigenvalue weighted by atomic mass is 10.1. The second-order valence-corrected chi connectivity index (χ2v) is 4.45. The van der Waals surface area contributed by atoms with Gasteiger partial charge in [-0.3, -0.25) is 4.79 Å². The molecule has 0 heterocycles. The number of rotatable bonds is 3. The molecule has 4 nitrogen and oxygen atoms in total. The Bertz CT molecular complexity index is 479. The number of methoxy groups -OCH3 is 1. The smallest absolute Gasteiger partial charge is 0.255 e. The minimum absolute atomic E-state index is 0.0348. The maximum absolute atomic E-state index is 12.1. The van der Waals surface area contributed by atoms with Gasteiger partial charge in [0, 0.05) is 6.04 Å². The van der Waals surface area contributed by atoms with Crippen LogP contribution >= 0.6 is 0 Å². The first-order chi connectivity index (χ1) is 8.76. The fourth-order valence-electron chi connectivity index (χ4n) is 2.37. The molecule has 4 heteroatoms. The molecule has 94 valence electrons. The van der Waals surface area contributed by atoms with E-state index in [1.54, 1.807) is 25.3 Å². The zero-order valence-corrected chi connectivity index (χ0v) is 10.3. The Balaban J connectivity index is 2.10. The fraction of sp³-hybridized carbons (Fsp3) is 0.429. The van der Waals surface area contributed by atoms with E-state index in [1.807, 2.05) is 6.07 Å². The highest BCUT2D eigenvalue weighted by Crippen LogP contribution is 2.26. The summed E-state index contributed by atoms with van der Waals surface area (Å²) in [6, 6.07) is 9.32. The van der Waals surface area contributed by atoms with Crippen molar-refractivity contribution in [1.82, 2.24) is 5.32 Å². The van der Waals surface area contributed by atoms with E-state index in [2.05, 4.69) is 11.4 Å². The van der Waals surface area contributed by atoms with Gasteiger partial charge in [-0.1, -0.05) is 12.1 Å². The Kier molecular flexibility index (Phi) is 3.83. The standard InChI is InChI=1S/C14H16N2O2/c1-18-13-8-3-2-6-11(13)14(17)16-12-7-4-5-10(12)9-15/h2-3,6,8,10,12H,4-5,7H2,1H3,(H,16,17). The normalized spacial score (nSPS) is 22.2. The van der Waals surface area contributed by atoms with E-state index < -0.39 is 0 Å². The third-order valence-electron chi connectivity index (χ3n) is 3.35. The molecule has 2 rings (SSSR count). The molecule has 1 aromatic carbocycles. The van der Waals surface area contributed by atoms with E-state index >= 15 is 0 Å². The number of hydrogen-bond donors (Lipinski definition) is 1. The van der Waals surface area contributed by atoms with E-state index in [4.69, 9.17) is 10.00 Å². The second kappa shape index (κ2) is 5.54. The van der Waals surface area contributed by atoms with Crippen molar-refractivity contribution in [2.45, 2.75) is 25.3 Å². The number of nitrogens with zero attached hydrogens (tertiary/aromatic N) is 1. The molecule has 1 fully saturated rings. The summed E-state index contributed by atoms with van der Waals surface area (Å²) in [7, 11) is 1.54. The highest BCUT2D eigenvalue weighted by atomic mass is 16.5. The largest absolute Gasteiger partial charge is 0.496 e. The van der Waals surface area contributed by atoms with Crippen molar-refractivity contribution in [3.63, 3.8) is 0 Å². The van der Waals surface area contributed by atoms with Gasteiger partial charge < -0.3 is 10.1 Å². The van der Waals surface area contributed by atoms with Crippen LogP contribution in [-0.4, -0.2) is 19.1 Å². The average Bonchev–Trinajstić information content (AvgIpc) is 2.85. The SMILES string of the molecule is COc1ccccc1C(=O)NC1CCCC1C#N. The molecule has 18 heavy (non-hydrogen) atoms. The Labute approximate surface area is 107 Å². The number of nitriles is 1. The summed E-state index contributed by atoms with van der Waals surface area (Å²) in [5.74, 6) is 0.324. The molecule has 1 amide bonds. The van der Waals surface area contributed by atoms with Crippen LogP contribution in [0.4, 0.5) is 0 Å². The first-order valence-corrected chi connectivity index (χ1v) is 6.09. The fourth-order valence-corrected chi connectivity index (χ4v) is 2.37. The van der Waals surface area contributed by atoms with Gasteiger partial charge >= 0.3 is 0 Å². The lowest BCUT2D eigenvalue weighted by Gasteiger charge is -2.16. The van der Waals surface area contributed by atoms with Gasteiger partial charge in [-0.25, -0.2) is 0 Å². The third kappa shape index (κ3) is 2.45. The second-order valence-electron chi connectivity index (χ2n) is 4.45. The van der Waals surface area contributed by atoms with Gasteiger partial charge in [-0.05, 0) is 31.4 Å². The van der Waals surface area contributed by atoms with E-state index in [1.165, 1.54) is 0 Å². The maximum atomic E-state index is 12.1. The molecule has 1 aromatic rings. The molecule has 1 N–H and O–H groups in total. The van der Waals surface area contributed by atoms with Gasteiger partial charge in [-0.15, -0.1) is 0 Å². The molecule has 0 aliphatic heterocycles. The summed E-state index contributed by atoms with van der Waals surface area (Å²) >= 11 is 0. The summed E-state index contributed by atoms with van der Waals surface area (Å²) < 4.78 is 5.16. The number of hydrogen-bond acceptors (Lipinski definition) is 3. The molecule has 0 radical (unpaired) electrons. The van der Waals surface area contributed by atoms with Crippen molar-refractivity contribution >= 4 is 5.91 Å². The number of nitrogens with one attached hydrogen (secondary N) is 1. The Hall–Kier alpha value is -2.02. The molecule has 0 spiro atoms. The zero-order valence-electron chi connectivity index (χ0n) is 10.3. The summed E-state index contributed by atoms with van der Waals surface area (Å²) in [6.45, 7) is 0. The van der Waals surface area contributed by atoms with Crippen LogP contribution in [0.5, 0.6) is 5.75 Å². The summed E-state index contributed by atoms with van der Waals surface area (Å²) in [4.78, 5) is 12.1. The highest BCUT2D eigenvalue weighted by Gasteiger charge is 2.29. The molecule has 0 saturated heterocycles. The predicted octanol–water partition coefficient (Wildman–Crippen LogP) is 2.12. The van der Waals surface area contributed by atoms with Crippen LogP contribution in [0.15, 0.2) is 24.3 Å². The predicted molar refractivity (Wildman–Crippen MR) is 67.2 cm³/mol. The quantitative estimate of drug-likeness (QED) is 0.885. The molecule has 1 aliphatic carbocycles. The topological polar surface area (TPSA) is 62.1 Å². The lowest BCUT2D eigenvalue weighted by Crippen LogP contribution is -2.37. The number of benzene rings is 1. The molecule has 0 bridgehead atoms. The van der Waals surface area contributed by atoms with Crippen molar-refractivity contribution in [3.05, 3.63) is 29.8 Å². The van der Waals surface area contributed by atoms with Crippen LogP contribution in [0.25, 0.3) is 0 Å². The van der Waals surface area contributed by atoms with Crippen LogP contribution in [0, 0.1) is 17.2 Å².